The van der Waals surface area contributed by atoms with Crippen molar-refractivity contribution in [3.8, 4) is 0 Å². The first-order valence-electron chi connectivity index (χ1n) is 9.79. The fraction of sp³-hybridized carbons (Fsp3) is 0.524. The first-order chi connectivity index (χ1) is 13.3. The van der Waals surface area contributed by atoms with Crippen LogP contribution in [0.3, 0.4) is 0 Å². The molecule has 0 bridgehead atoms. The summed E-state index contributed by atoms with van der Waals surface area (Å²) in [6, 6.07) is 10.8. The SMILES string of the molecule is Cc1ccccc1C1(CNc2cc(N3CCOCC3)ncn2)CCOCC1. The summed E-state index contributed by atoms with van der Waals surface area (Å²) < 4.78 is 11.1. The van der Waals surface area contributed by atoms with E-state index in [1.165, 1.54) is 11.1 Å². The second-order valence-electron chi connectivity index (χ2n) is 7.42. The Morgan fingerprint density at radius 2 is 1.78 bits per heavy atom. The molecule has 0 saturated carbocycles. The number of hydrogen-bond acceptors (Lipinski definition) is 6. The third-order valence-corrected chi connectivity index (χ3v) is 5.76. The number of aromatic nitrogens is 2. The van der Waals surface area contributed by atoms with E-state index in [1.807, 2.05) is 0 Å². The first kappa shape index (κ1) is 18.2. The first-order valence-corrected chi connectivity index (χ1v) is 9.79. The van der Waals surface area contributed by atoms with Crippen LogP contribution in [0.5, 0.6) is 0 Å². The van der Waals surface area contributed by atoms with Crippen LogP contribution in [0.15, 0.2) is 36.7 Å². The molecule has 1 aromatic heterocycles. The van der Waals surface area contributed by atoms with Gasteiger partial charge in [-0.2, -0.15) is 0 Å². The van der Waals surface area contributed by atoms with Crippen molar-refractivity contribution >= 4 is 11.6 Å². The fourth-order valence-corrected chi connectivity index (χ4v) is 4.14. The molecular formula is C21H28N4O2. The molecule has 2 aromatic rings. The molecule has 144 valence electrons. The lowest BCUT2D eigenvalue weighted by Gasteiger charge is -2.39. The molecule has 0 radical (unpaired) electrons. The Morgan fingerprint density at radius 3 is 2.56 bits per heavy atom. The van der Waals surface area contributed by atoms with E-state index in [-0.39, 0.29) is 5.41 Å². The van der Waals surface area contributed by atoms with Crippen LogP contribution in [0.25, 0.3) is 0 Å². The van der Waals surface area contributed by atoms with Gasteiger partial charge in [0, 0.05) is 44.3 Å². The zero-order valence-electron chi connectivity index (χ0n) is 16.0. The largest absolute Gasteiger partial charge is 0.381 e. The molecule has 0 atom stereocenters. The van der Waals surface area contributed by atoms with E-state index in [1.54, 1.807) is 6.33 Å². The third-order valence-electron chi connectivity index (χ3n) is 5.76. The van der Waals surface area contributed by atoms with Crippen LogP contribution < -0.4 is 10.2 Å². The van der Waals surface area contributed by atoms with Crippen LogP contribution in [0, 0.1) is 6.92 Å². The molecule has 6 heteroatoms. The maximum absolute atomic E-state index is 5.66. The highest BCUT2D eigenvalue weighted by Gasteiger charge is 2.35. The van der Waals surface area contributed by atoms with Gasteiger partial charge < -0.3 is 19.7 Å². The summed E-state index contributed by atoms with van der Waals surface area (Å²) in [5.74, 6) is 1.85. The van der Waals surface area contributed by atoms with Crippen molar-refractivity contribution in [1.29, 1.82) is 0 Å². The van der Waals surface area contributed by atoms with Gasteiger partial charge in [-0.05, 0) is 30.9 Å². The summed E-state index contributed by atoms with van der Waals surface area (Å²) in [4.78, 5) is 11.2. The molecule has 1 N–H and O–H groups in total. The molecule has 2 aliphatic heterocycles. The van der Waals surface area contributed by atoms with Gasteiger partial charge in [0.1, 0.15) is 18.0 Å². The molecule has 0 aliphatic carbocycles. The Bertz CT molecular complexity index is 755. The number of ether oxygens (including phenoxy) is 2. The average molecular weight is 368 g/mol. The predicted octanol–water partition coefficient (Wildman–Crippen LogP) is 2.78. The number of hydrogen-bond donors (Lipinski definition) is 1. The van der Waals surface area contributed by atoms with Gasteiger partial charge in [-0.25, -0.2) is 9.97 Å². The second-order valence-corrected chi connectivity index (χ2v) is 7.42. The van der Waals surface area contributed by atoms with Gasteiger partial charge in [0.2, 0.25) is 0 Å². The van der Waals surface area contributed by atoms with Crippen LogP contribution in [0.4, 0.5) is 11.6 Å². The van der Waals surface area contributed by atoms with E-state index in [4.69, 9.17) is 9.47 Å². The molecule has 2 aliphatic rings. The lowest BCUT2D eigenvalue weighted by molar-refractivity contribution is 0.0541. The number of benzene rings is 1. The van der Waals surface area contributed by atoms with Gasteiger partial charge in [-0.3, -0.25) is 0 Å². The van der Waals surface area contributed by atoms with Gasteiger partial charge in [0.15, 0.2) is 0 Å². The summed E-state index contributed by atoms with van der Waals surface area (Å²) in [6.07, 6.45) is 3.69. The lowest BCUT2D eigenvalue weighted by atomic mass is 9.72. The topological polar surface area (TPSA) is 59.5 Å². The highest BCUT2D eigenvalue weighted by molar-refractivity contribution is 5.49. The molecule has 2 saturated heterocycles. The summed E-state index contributed by atoms with van der Waals surface area (Å²) >= 11 is 0. The Balaban J connectivity index is 1.52. The van der Waals surface area contributed by atoms with Crippen LogP contribution in [-0.4, -0.2) is 56.0 Å². The van der Waals surface area contributed by atoms with Crippen molar-refractivity contribution in [1.82, 2.24) is 9.97 Å². The molecule has 0 amide bonds. The maximum atomic E-state index is 5.66. The van der Waals surface area contributed by atoms with Crippen molar-refractivity contribution in [3.05, 3.63) is 47.8 Å². The van der Waals surface area contributed by atoms with Gasteiger partial charge in [0.25, 0.3) is 0 Å². The molecule has 0 spiro atoms. The minimum atomic E-state index is 0.0771. The normalized spacial score (nSPS) is 19.7. The average Bonchev–Trinajstić information content (AvgIpc) is 2.74. The van der Waals surface area contributed by atoms with Crippen LogP contribution in [0.1, 0.15) is 24.0 Å². The van der Waals surface area contributed by atoms with E-state index in [9.17, 15) is 0 Å². The van der Waals surface area contributed by atoms with Gasteiger partial charge in [-0.1, -0.05) is 24.3 Å². The van der Waals surface area contributed by atoms with Crippen molar-refractivity contribution in [2.24, 2.45) is 0 Å². The zero-order valence-corrected chi connectivity index (χ0v) is 16.0. The Hall–Kier alpha value is -2.18. The third kappa shape index (κ3) is 4.06. The number of morpholine rings is 1. The second kappa shape index (κ2) is 8.23. The minimum Gasteiger partial charge on any atom is -0.381 e. The fourth-order valence-electron chi connectivity index (χ4n) is 4.14. The number of nitrogens with zero attached hydrogens (tertiary/aromatic N) is 3. The monoisotopic (exact) mass is 368 g/mol. The van der Waals surface area contributed by atoms with Crippen molar-refractivity contribution < 1.29 is 9.47 Å². The molecule has 3 heterocycles. The van der Waals surface area contributed by atoms with E-state index in [2.05, 4.69) is 57.4 Å². The van der Waals surface area contributed by atoms with Crippen molar-refractivity contribution in [2.45, 2.75) is 25.2 Å². The van der Waals surface area contributed by atoms with Crippen molar-refractivity contribution in [3.63, 3.8) is 0 Å². The summed E-state index contributed by atoms with van der Waals surface area (Å²) in [5, 5.41) is 3.60. The highest BCUT2D eigenvalue weighted by atomic mass is 16.5. The lowest BCUT2D eigenvalue weighted by Crippen LogP contribution is -2.41. The number of aryl methyl sites for hydroxylation is 1. The molecule has 2 fully saturated rings. The molecule has 27 heavy (non-hydrogen) atoms. The number of nitrogens with one attached hydrogen (secondary N) is 1. The minimum absolute atomic E-state index is 0.0771. The molecule has 4 rings (SSSR count). The summed E-state index contributed by atoms with van der Waals surface area (Å²) in [7, 11) is 0. The Morgan fingerprint density at radius 1 is 1.04 bits per heavy atom. The van der Waals surface area contributed by atoms with Crippen molar-refractivity contribution in [2.75, 3.05) is 56.3 Å². The Kier molecular flexibility index (Phi) is 5.55. The quantitative estimate of drug-likeness (QED) is 0.876. The number of anilines is 2. The van der Waals surface area contributed by atoms with Crippen LogP contribution >= 0.6 is 0 Å². The number of rotatable bonds is 5. The standard InChI is InChI=1S/C21H28N4O2/c1-17-4-2-3-5-18(17)21(6-10-26-11-7-21)15-22-19-14-20(24-16-23-19)25-8-12-27-13-9-25/h2-5,14,16H,6-13,15H2,1H3,(H,22,23,24). The summed E-state index contributed by atoms with van der Waals surface area (Å²) in [5.41, 5.74) is 2.84. The maximum Gasteiger partial charge on any atom is 0.134 e. The summed E-state index contributed by atoms with van der Waals surface area (Å²) in [6.45, 7) is 7.92. The van der Waals surface area contributed by atoms with E-state index >= 15 is 0 Å². The van der Waals surface area contributed by atoms with E-state index in [0.29, 0.717) is 0 Å². The van der Waals surface area contributed by atoms with Crippen LogP contribution in [0.2, 0.25) is 0 Å². The van der Waals surface area contributed by atoms with Crippen LogP contribution in [-0.2, 0) is 14.9 Å². The molecule has 0 unspecified atom stereocenters. The van der Waals surface area contributed by atoms with Gasteiger partial charge >= 0.3 is 0 Å². The van der Waals surface area contributed by atoms with Gasteiger partial charge in [-0.15, -0.1) is 0 Å². The molecule has 6 nitrogen and oxygen atoms in total. The molecule has 1 aromatic carbocycles. The zero-order chi connectivity index (χ0) is 18.5. The van der Waals surface area contributed by atoms with Gasteiger partial charge in [0.05, 0.1) is 13.2 Å². The smallest absolute Gasteiger partial charge is 0.134 e. The highest BCUT2D eigenvalue weighted by Crippen LogP contribution is 2.36. The van der Waals surface area contributed by atoms with E-state index in [0.717, 1.165) is 70.5 Å². The van der Waals surface area contributed by atoms with E-state index < -0.39 is 0 Å². The molecular weight excluding hydrogens is 340 g/mol. The predicted molar refractivity (Wildman–Crippen MR) is 106 cm³/mol. The Labute approximate surface area is 160 Å².